The molecule has 0 radical (unpaired) electrons. The van der Waals surface area contributed by atoms with Crippen molar-refractivity contribution in [1.29, 1.82) is 0 Å². The first-order valence-electron chi connectivity index (χ1n) is 6.86. The van der Waals surface area contributed by atoms with Crippen LogP contribution in [0.2, 0.25) is 5.02 Å². The first kappa shape index (κ1) is 18.5. The molecule has 0 saturated carbocycles. The van der Waals surface area contributed by atoms with Crippen LogP contribution in [0.5, 0.6) is 0 Å². The second kappa shape index (κ2) is 7.40. The highest BCUT2D eigenvalue weighted by molar-refractivity contribution is 6.31. The van der Waals surface area contributed by atoms with Crippen LogP contribution < -0.4 is 5.32 Å². The highest BCUT2D eigenvalue weighted by Crippen LogP contribution is 2.35. The molecule has 4 nitrogen and oxygen atoms in total. The standard InChI is InChI=1S/C17H11ClF3NO3/c18-13-7-6-10(8-12(13)17(19,20)21)9-14(16(24)25)22-15(23)11-4-2-1-3-5-11/h1-9H,(H,22,23)(H,24,25)/b14-9-. The Kier molecular flexibility index (Phi) is 5.48. The predicted molar refractivity (Wildman–Crippen MR) is 86.0 cm³/mol. The maximum absolute atomic E-state index is 12.9. The van der Waals surface area contributed by atoms with Crippen LogP contribution in [0.25, 0.3) is 6.08 Å². The Labute approximate surface area is 145 Å². The van der Waals surface area contributed by atoms with E-state index in [1.807, 2.05) is 0 Å². The molecule has 0 aliphatic heterocycles. The van der Waals surface area contributed by atoms with Gasteiger partial charge in [-0.15, -0.1) is 0 Å². The number of rotatable bonds is 4. The molecule has 130 valence electrons. The number of nitrogens with one attached hydrogen (secondary N) is 1. The van der Waals surface area contributed by atoms with Gasteiger partial charge in [-0.2, -0.15) is 13.2 Å². The zero-order chi connectivity index (χ0) is 18.6. The summed E-state index contributed by atoms with van der Waals surface area (Å²) in [6.45, 7) is 0. The van der Waals surface area contributed by atoms with Gasteiger partial charge in [0.2, 0.25) is 0 Å². The Bertz CT molecular complexity index is 833. The monoisotopic (exact) mass is 369 g/mol. The molecule has 0 aromatic heterocycles. The lowest BCUT2D eigenvalue weighted by Crippen LogP contribution is -2.27. The van der Waals surface area contributed by atoms with Crippen LogP contribution in [-0.2, 0) is 11.0 Å². The summed E-state index contributed by atoms with van der Waals surface area (Å²) in [5.74, 6) is -2.19. The minimum atomic E-state index is -4.68. The van der Waals surface area contributed by atoms with Crippen molar-refractivity contribution in [1.82, 2.24) is 5.32 Å². The third kappa shape index (κ3) is 4.84. The zero-order valence-electron chi connectivity index (χ0n) is 12.5. The second-order valence-corrected chi connectivity index (χ2v) is 5.33. The van der Waals surface area contributed by atoms with Crippen molar-refractivity contribution in [2.45, 2.75) is 6.18 Å². The summed E-state index contributed by atoms with van der Waals surface area (Å²) in [4.78, 5) is 23.3. The maximum Gasteiger partial charge on any atom is 0.417 e. The van der Waals surface area contributed by atoms with E-state index < -0.39 is 34.3 Å². The van der Waals surface area contributed by atoms with Crippen LogP contribution in [0.3, 0.4) is 0 Å². The molecule has 0 aliphatic carbocycles. The Balaban J connectivity index is 2.35. The van der Waals surface area contributed by atoms with E-state index in [4.69, 9.17) is 11.6 Å². The molecule has 0 atom stereocenters. The van der Waals surface area contributed by atoms with Gasteiger partial charge in [-0.25, -0.2) is 4.79 Å². The Hall–Kier alpha value is -2.80. The first-order chi connectivity index (χ1) is 11.7. The lowest BCUT2D eigenvalue weighted by molar-refractivity contribution is -0.137. The van der Waals surface area contributed by atoms with E-state index in [2.05, 4.69) is 5.32 Å². The molecule has 0 bridgehead atoms. The van der Waals surface area contributed by atoms with Crippen molar-refractivity contribution in [3.05, 3.63) is 75.9 Å². The molecule has 25 heavy (non-hydrogen) atoms. The summed E-state index contributed by atoms with van der Waals surface area (Å²) in [6, 6.07) is 10.7. The molecule has 2 rings (SSSR count). The number of benzene rings is 2. The van der Waals surface area contributed by atoms with E-state index in [1.54, 1.807) is 18.2 Å². The molecule has 1 amide bonds. The Morgan fingerprint density at radius 2 is 1.72 bits per heavy atom. The molecule has 0 fully saturated rings. The average Bonchev–Trinajstić information content (AvgIpc) is 2.55. The number of halogens is 4. The highest BCUT2D eigenvalue weighted by Gasteiger charge is 2.33. The fraction of sp³-hybridized carbons (Fsp3) is 0.0588. The molecule has 0 saturated heterocycles. The Morgan fingerprint density at radius 1 is 1.08 bits per heavy atom. The zero-order valence-corrected chi connectivity index (χ0v) is 13.2. The third-order valence-electron chi connectivity index (χ3n) is 3.12. The molecular weight excluding hydrogens is 359 g/mol. The molecular formula is C17H11ClF3NO3. The van der Waals surface area contributed by atoms with E-state index in [0.717, 1.165) is 12.1 Å². The number of hydrogen-bond acceptors (Lipinski definition) is 2. The number of carboxylic acids is 1. The van der Waals surface area contributed by atoms with E-state index in [1.165, 1.54) is 18.2 Å². The lowest BCUT2D eigenvalue weighted by Gasteiger charge is -2.10. The van der Waals surface area contributed by atoms with Crippen molar-refractivity contribution in [2.75, 3.05) is 0 Å². The summed E-state index contributed by atoms with van der Waals surface area (Å²) >= 11 is 5.52. The number of aliphatic carboxylic acids is 1. The summed E-state index contributed by atoms with van der Waals surface area (Å²) in [7, 11) is 0. The van der Waals surface area contributed by atoms with Crippen LogP contribution in [0.1, 0.15) is 21.5 Å². The highest BCUT2D eigenvalue weighted by atomic mass is 35.5. The summed E-state index contributed by atoms with van der Waals surface area (Å²) in [5.41, 5.74) is -1.52. The number of hydrogen-bond donors (Lipinski definition) is 2. The first-order valence-corrected chi connectivity index (χ1v) is 7.24. The second-order valence-electron chi connectivity index (χ2n) is 4.92. The van der Waals surface area contributed by atoms with Crippen LogP contribution in [-0.4, -0.2) is 17.0 Å². The van der Waals surface area contributed by atoms with Gasteiger partial charge in [0.25, 0.3) is 5.91 Å². The molecule has 2 aromatic rings. The SMILES string of the molecule is O=C(O)/C(=C/c1ccc(Cl)c(C(F)(F)F)c1)NC(=O)c1ccccc1. The van der Waals surface area contributed by atoms with Gasteiger partial charge in [0, 0.05) is 5.56 Å². The summed E-state index contributed by atoms with van der Waals surface area (Å²) < 4.78 is 38.6. The van der Waals surface area contributed by atoms with Gasteiger partial charge in [0.1, 0.15) is 5.70 Å². The number of alkyl halides is 3. The largest absolute Gasteiger partial charge is 0.477 e. The van der Waals surface area contributed by atoms with Crippen molar-refractivity contribution >= 4 is 29.6 Å². The minimum Gasteiger partial charge on any atom is -0.477 e. The minimum absolute atomic E-state index is 0.0671. The van der Waals surface area contributed by atoms with Crippen LogP contribution >= 0.6 is 11.6 Å². The van der Waals surface area contributed by atoms with Gasteiger partial charge >= 0.3 is 12.1 Å². The van der Waals surface area contributed by atoms with E-state index in [-0.39, 0.29) is 11.1 Å². The number of amides is 1. The smallest absolute Gasteiger partial charge is 0.417 e. The van der Waals surface area contributed by atoms with E-state index >= 15 is 0 Å². The number of carbonyl (C=O) groups is 2. The topological polar surface area (TPSA) is 66.4 Å². The van der Waals surface area contributed by atoms with E-state index in [9.17, 15) is 27.9 Å². The number of carbonyl (C=O) groups excluding carboxylic acids is 1. The number of carboxylic acid groups (broad SMARTS) is 1. The van der Waals surface area contributed by atoms with Gasteiger partial charge in [0.15, 0.2) is 0 Å². The van der Waals surface area contributed by atoms with Crippen molar-refractivity contribution in [2.24, 2.45) is 0 Å². The van der Waals surface area contributed by atoms with Gasteiger partial charge in [-0.1, -0.05) is 35.9 Å². The van der Waals surface area contributed by atoms with Gasteiger partial charge in [-0.3, -0.25) is 4.79 Å². The van der Waals surface area contributed by atoms with Crippen molar-refractivity contribution in [3.63, 3.8) is 0 Å². The molecule has 2 N–H and O–H groups in total. The molecule has 8 heteroatoms. The average molecular weight is 370 g/mol. The molecule has 0 heterocycles. The quantitative estimate of drug-likeness (QED) is 0.793. The van der Waals surface area contributed by atoms with Crippen LogP contribution in [0.4, 0.5) is 13.2 Å². The molecule has 0 unspecified atom stereocenters. The summed E-state index contributed by atoms with van der Waals surface area (Å²) in [6.07, 6.45) is -3.76. The molecule has 2 aromatic carbocycles. The van der Waals surface area contributed by atoms with Crippen LogP contribution in [0, 0.1) is 0 Å². The van der Waals surface area contributed by atoms with Gasteiger partial charge in [-0.05, 0) is 35.9 Å². The van der Waals surface area contributed by atoms with Crippen LogP contribution in [0.15, 0.2) is 54.2 Å². The molecule has 0 aliphatic rings. The van der Waals surface area contributed by atoms with Crippen molar-refractivity contribution < 1.29 is 27.9 Å². The maximum atomic E-state index is 12.9. The predicted octanol–water partition coefficient (Wildman–Crippen LogP) is 4.21. The normalized spacial score (nSPS) is 11.9. The summed E-state index contributed by atoms with van der Waals surface area (Å²) in [5, 5.41) is 10.8. The Morgan fingerprint density at radius 3 is 2.28 bits per heavy atom. The van der Waals surface area contributed by atoms with E-state index in [0.29, 0.717) is 6.07 Å². The van der Waals surface area contributed by atoms with Gasteiger partial charge in [0.05, 0.1) is 10.6 Å². The lowest BCUT2D eigenvalue weighted by atomic mass is 10.1. The fourth-order valence-electron chi connectivity index (χ4n) is 1.95. The molecule has 0 spiro atoms. The third-order valence-corrected chi connectivity index (χ3v) is 3.45. The fourth-order valence-corrected chi connectivity index (χ4v) is 2.18. The van der Waals surface area contributed by atoms with Gasteiger partial charge < -0.3 is 10.4 Å². The van der Waals surface area contributed by atoms with Crippen molar-refractivity contribution in [3.8, 4) is 0 Å².